The van der Waals surface area contributed by atoms with Gasteiger partial charge in [0.05, 0.1) is 36.1 Å². The molecule has 7 heteroatoms. The number of para-hydroxylation sites is 1. The lowest BCUT2D eigenvalue weighted by Gasteiger charge is -2.23. The van der Waals surface area contributed by atoms with Crippen LogP contribution in [0, 0.1) is 11.6 Å². The number of rotatable bonds is 3. The fraction of sp³-hybridized carbons (Fsp3) is 0.304. The van der Waals surface area contributed by atoms with Gasteiger partial charge in [-0.25, -0.2) is 13.8 Å². The van der Waals surface area contributed by atoms with Gasteiger partial charge in [0.2, 0.25) is 0 Å². The molecule has 0 spiro atoms. The molecular formula is C23H21F2N3O2. The minimum atomic E-state index is -0.664. The van der Waals surface area contributed by atoms with E-state index in [0.29, 0.717) is 40.0 Å². The number of methoxy groups -OCH3 is 1. The molecule has 1 aliphatic carbocycles. The minimum absolute atomic E-state index is 0.0720. The number of nitrogens with zero attached hydrogens (tertiary/aromatic N) is 2. The molecule has 1 amide bonds. The quantitative estimate of drug-likeness (QED) is 0.683. The van der Waals surface area contributed by atoms with E-state index in [2.05, 4.69) is 0 Å². The highest BCUT2D eigenvalue weighted by molar-refractivity contribution is 6.11. The number of hydrogen-bond acceptors (Lipinski definition) is 4. The van der Waals surface area contributed by atoms with Crippen LogP contribution in [0.1, 0.15) is 41.7 Å². The number of nitrogens with two attached hydrogens (primary N) is 1. The van der Waals surface area contributed by atoms with E-state index in [-0.39, 0.29) is 23.3 Å². The molecule has 5 nitrogen and oxygen atoms in total. The molecule has 1 saturated carbocycles. The first-order chi connectivity index (χ1) is 14.5. The summed E-state index contributed by atoms with van der Waals surface area (Å²) >= 11 is 0. The number of ether oxygens (including phenoxy) is 1. The fourth-order valence-electron chi connectivity index (χ4n) is 4.71. The summed E-state index contributed by atoms with van der Waals surface area (Å²) in [6, 6.07) is 7.47. The number of amides is 1. The summed E-state index contributed by atoms with van der Waals surface area (Å²) in [5.74, 6) is -1.54. The van der Waals surface area contributed by atoms with E-state index in [1.165, 1.54) is 7.11 Å². The van der Waals surface area contributed by atoms with Crippen LogP contribution < -0.4 is 10.5 Å². The van der Waals surface area contributed by atoms with Crippen LogP contribution in [0.25, 0.3) is 22.0 Å². The number of hydrogen-bond donors (Lipinski definition) is 1. The maximum absolute atomic E-state index is 14.8. The smallest absolute Gasteiger partial charge is 0.258 e. The first kappa shape index (κ1) is 18.8. The number of pyridine rings is 1. The normalized spacial score (nSPS) is 16.5. The number of halogens is 2. The second kappa shape index (κ2) is 6.93. The minimum Gasteiger partial charge on any atom is -0.494 e. The third-order valence-electron chi connectivity index (χ3n) is 6.22. The van der Waals surface area contributed by atoms with Gasteiger partial charge in [0.15, 0.2) is 11.6 Å². The maximum atomic E-state index is 14.8. The number of aromatic nitrogens is 1. The van der Waals surface area contributed by atoms with Gasteiger partial charge in [0, 0.05) is 28.6 Å². The molecular weight excluding hydrogens is 388 g/mol. The van der Waals surface area contributed by atoms with E-state index < -0.39 is 11.6 Å². The highest BCUT2D eigenvalue weighted by Gasteiger charge is 2.37. The van der Waals surface area contributed by atoms with Gasteiger partial charge >= 0.3 is 0 Å². The van der Waals surface area contributed by atoms with Crippen LogP contribution in [0.5, 0.6) is 5.75 Å². The molecule has 3 aromatic rings. The molecule has 30 heavy (non-hydrogen) atoms. The van der Waals surface area contributed by atoms with Crippen molar-refractivity contribution in [1.29, 1.82) is 0 Å². The average molecular weight is 409 g/mol. The van der Waals surface area contributed by atoms with Crippen molar-refractivity contribution >= 4 is 22.5 Å². The second-order valence-electron chi connectivity index (χ2n) is 7.89. The molecule has 2 aliphatic rings. The Morgan fingerprint density at radius 1 is 1.13 bits per heavy atom. The Bertz CT molecular complexity index is 1190. The molecule has 2 N–H and O–H groups in total. The van der Waals surface area contributed by atoms with Crippen molar-refractivity contribution in [3.05, 3.63) is 53.2 Å². The first-order valence-corrected chi connectivity index (χ1v) is 10.0. The third kappa shape index (κ3) is 2.72. The summed E-state index contributed by atoms with van der Waals surface area (Å²) in [7, 11) is 1.29. The lowest BCUT2D eigenvalue weighted by Crippen LogP contribution is -2.33. The summed E-state index contributed by atoms with van der Waals surface area (Å²) in [6.45, 7) is 0.396. The average Bonchev–Trinajstić information content (AvgIpc) is 3.37. The zero-order valence-corrected chi connectivity index (χ0v) is 16.5. The molecule has 0 atom stereocenters. The van der Waals surface area contributed by atoms with Gasteiger partial charge in [0.25, 0.3) is 5.91 Å². The summed E-state index contributed by atoms with van der Waals surface area (Å²) in [5, 5.41) is 0.559. The zero-order valence-electron chi connectivity index (χ0n) is 16.5. The van der Waals surface area contributed by atoms with Gasteiger partial charge in [-0.15, -0.1) is 0 Å². The number of fused-ring (bicyclic) bond motifs is 2. The van der Waals surface area contributed by atoms with Crippen molar-refractivity contribution in [2.45, 2.75) is 38.3 Å². The van der Waals surface area contributed by atoms with Crippen LogP contribution in [0.4, 0.5) is 14.5 Å². The van der Waals surface area contributed by atoms with Crippen molar-refractivity contribution in [2.24, 2.45) is 0 Å². The van der Waals surface area contributed by atoms with Crippen molar-refractivity contribution in [2.75, 3.05) is 12.8 Å². The predicted molar refractivity (Wildman–Crippen MR) is 110 cm³/mol. The lowest BCUT2D eigenvalue weighted by molar-refractivity contribution is 0.0707. The Morgan fingerprint density at radius 2 is 1.90 bits per heavy atom. The molecule has 5 rings (SSSR count). The standard InChI is InChI=1S/C23H21F2N3O2/c1-30-19-10-16(24)15(9-17(19)25)13-7-4-8-14-21(26)20-18(27-22(13)14)11-28(23(20)29)12-5-2-3-6-12/h4,7-10,12H,2-3,5-6,11H2,1H3,(H2,26,27). The number of benzene rings is 2. The molecule has 0 bridgehead atoms. The van der Waals surface area contributed by atoms with Crippen LogP contribution in [-0.2, 0) is 6.54 Å². The van der Waals surface area contributed by atoms with Crippen LogP contribution >= 0.6 is 0 Å². The Hall–Kier alpha value is -3.22. The van der Waals surface area contributed by atoms with Crippen LogP contribution in [0.15, 0.2) is 30.3 Å². The predicted octanol–water partition coefficient (Wildman–Crippen LogP) is 4.67. The topological polar surface area (TPSA) is 68.5 Å². The molecule has 1 aliphatic heterocycles. The second-order valence-corrected chi connectivity index (χ2v) is 7.89. The number of anilines is 1. The molecule has 1 fully saturated rings. The van der Waals surface area contributed by atoms with Crippen LogP contribution in [0.3, 0.4) is 0 Å². The molecule has 0 saturated heterocycles. The molecule has 1 aromatic heterocycles. The number of nitrogen functional groups attached to an aromatic ring is 1. The molecule has 0 radical (unpaired) electrons. The van der Waals surface area contributed by atoms with E-state index in [1.54, 1.807) is 18.2 Å². The maximum Gasteiger partial charge on any atom is 0.258 e. The number of carbonyl (C=O) groups excluding carboxylic acids is 1. The van der Waals surface area contributed by atoms with E-state index in [0.717, 1.165) is 37.8 Å². The lowest BCUT2D eigenvalue weighted by atomic mass is 9.98. The third-order valence-corrected chi connectivity index (χ3v) is 6.22. The Morgan fingerprint density at radius 3 is 2.63 bits per heavy atom. The van der Waals surface area contributed by atoms with E-state index >= 15 is 0 Å². The Kier molecular flexibility index (Phi) is 4.34. The van der Waals surface area contributed by atoms with Crippen molar-refractivity contribution in [3.8, 4) is 16.9 Å². The molecule has 0 unspecified atom stereocenters. The summed E-state index contributed by atoms with van der Waals surface area (Å²) in [4.78, 5) is 19.6. The van der Waals surface area contributed by atoms with E-state index in [1.807, 2.05) is 4.90 Å². The van der Waals surface area contributed by atoms with Gasteiger partial charge in [-0.3, -0.25) is 4.79 Å². The summed E-state index contributed by atoms with van der Waals surface area (Å²) in [5.41, 5.74) is 8.74. The summed E-state index contributed by atoms with van der Waals surface area (Å²) in [6.07, 6.45) is 4.20. The van der Waals surface area contributed by atoms with Crippen LogP contribution in [-0.4, -0.2) is 28.9 Å². The van der Waals surface area contributed by atoms with Gasteiger partial charge in [-0.05, 0) is 18.9 Å². The fourth-order valence-corrected chi connectivity index (χ4v) is 4.71. The SMILES string of the molecule is COc1cc(F)c(-c2cccc3c(N)c4c(nc23)CN(C2CCCC2)C4=O)cc1F. The Balaban J connectivity index is 1.68. The van der Waals surface area contributed by atoms with Gasteiger partial charge in [-0.1, -0.05) is 31.0 Å². The highest BCUT2D eigenvalue weighted by atomic mass is 19.1. The van der Waals surface area contributed by atoms with Crippen molar-refractivity contribution in [3.63, 3.8) is 0 Å². The van der Waals surface area contributed by atoms with Gasteiger partial charge in [0.1, 0.15) is 5.82 Å². The van der Waals surface area contributed by atoms with Gasteiger partial charge in [-0.2, -0.15) is 0 Å². The highest BCUT2D eigenvalue weighted by Crippen LogP contribution is 2.40. The van der Waals surface area contributed by atoms with Crippen molar-refractivity contribution < 1.29 is 18.3 Å². The first-order valence-electron chi connectivity index (χ1n) is 10.0. The van der Waals surface area contributed by atoms with E-state index in [4.69, 9.17) is 15.5 Å². The Labute approximate surface area is 172 Å². The molecule has 2 heterocycles. The molecule has 2 aromatic carbocycles. The summed E-state index contributed by atoms with van der Waals surface area (Å²) < 4.78 is 33.9. The largest absolute Gasteiger partial charge is 0.494 e. The van der Waals surface area contributed by atoms with Crippen molar-refractivity contribution in [1.82, 2.24) is 9.88 Å². The monoisotopic (exact) mass is 409 g/mol. The van der Waals surface area contributed by atoms with Gasteiger partial charge < -0.3 is 15.4 Å². The molecule has 154 valence electrons. The van der Waals surface area contributed by atoms with Crippen LogP contribution in [0.2, 0.25) is 0 Å². The zero-order chi connectivity index (χ0) is 21.0. The number of carbonyl (C=O) groups is 1. The van der Waals surface area contributed by atoms with E-state index in [9.17, 15) is 13.6 Å².